The molecule has 3 aromatic rings. The van der Waals surface area contributed by atoms with Crippen LogP contribution >= 0.6 is 0 Å². The Morgan fingerprint density at radius 2 is 1.19 bits per heavy atom. The second kappa shape index (κ2) is 9.64. The van der Waals surface area contributed by atoms with E-state index in [2.05, 4.69) is 17.0 Å². The Hall–Kier alpha value is -2.98. The largest absolute Gasteiger partial charge is 0.463 e. The van der Waals surface area contributed by atoms with Gasteiger partial charge in [-0.15, -0.1) is 0 Å². The van der Waals surface area contributed by atoms with Crippen molar-refractivity contribution in [1.82, 2.24) is 4.90 Å². The third kappa shape index (κ3) is 6.04. The first kappa shape index (κ1) is 18.8. The molecule has 3 nitrogen and oxygen atoms in total. The highest BCUT2D eigenvalue weighted by Crippen LogP contribution is 2.15. The zero-order valence-corrected chi connectivity index (χ0v) is 15.1. The van der Waals surface area contributed by atoms with Crippen molar-refractivity contribution in [2.75, 3.05) is 0 Å². The van der Waals surface area contributed by atoms with Gasteiger partial charge in [0, 0.05) is 19.6 Å². The fourth-order valence-corrected chi connectivity index (χ4v) is 2.99. The number of benzene rings is 3. The van der Waals surface area contributed by atoms with Crippen molar-refractivity contribution in [2.24, 2.45) is 0 Å². The third-order valence-corrected chi connectivity index (χ3v) is 4.32. The molecule has 0 amide bonds. The predicted octanol–water partition coefficient (Wildman–Crippen LogP) is 4.70. The zero-order chi connectivity index (χ0) is 18.9. The molecule has 3 aromatic carbocycles. The van der Waals surface area contributed by atoms with Crippen LogP contribution in [0.15, 0.2) is 78.9 Å². The first-order valence-corrected chi connectivity index (χ1v) is 8.87. The Kier molecular flexibility index (Phi) is 6.72. The van der Waals surface area contributed by atoms with Crippen molar-refractivity contribution >= 4 is 6.47 Å². The van der Waals surface area contributed by atoms with E-state index in [1.807, 2.05) is 54.6 Å². The van der Waals surface area contributed by atoms with E-state index >= 15 is 0 Å². The lowest BCUT2D eigenvalue weighted by atomic mass is 10.1. The molecule has 0 spiro atoms. The Balaban J connectivity index is 1.72. The van der Waals surface area contributed by atoms with E-state index in [9.17, 15) is 9.18 Å². The molecular formula is C23H22FNO2. The van der Waals surface area contributed by atoms with Gasteiger partial charge in [-0.3, -0.25) is 9.69 Å². The summed E-state index contributed by atoms with van der Waals surface area (Å²) in [6, 6.07) is 25.0. The van der Waals surface area contributed by atoms with E-state index in [-0.39, 0.29) is 12.4 Å². The molecule has 0 aliphatic rings. The summed E-state index contributed by atoms with van der Waals surface area (Å²) in [7, 11) is 0. The highest BCUT2D eigenvalue weighted by molar-refractivity contribution is 5.37. The maximum absolute atomic E-state index is 13.2. The van der Waals surface area contributed by atoms with Crippen molar-refractivity contribution in [1.29, 1.82) is 0 Å². The van der Waals surface area contributed by atoms with Gasteiger partial charge in [0.1, 0.15) is 12.4 Å². The fraction of sp³-hybridized carbons (Fsp3) is 0.174. The molecule has 0 aliphatic carbocycles. The van der Waals surface area contributed by atoms with Crippen LogP contribution in [-0.2, 0) is 35.8 Å². The molecular weight excluding hydrogens is 341 g/mol. The highest BCUT2D eigenvalue weighted by Gasteiger charge is 2.09. The van der Waals surface area contributed by atoms with Crippen LogP contribution in [0, 0.1) is 5.82 Å². The average molecular weight is 363 g/mol. The second-order valence-corrected chi connectivity index (χ2v) is 6.48. The molecule has 0 fully saturated rings. The summed E-state index contributed by atoms with van der Waals surface area (Å²) in [5, 5.41) is 0. The van der Waals surface area contributed by atoms with Crippen molar-refractivity contribution in [3.05, 3.63) is 107 Å². The molecule has 0 aromatic heterocycles. The normalized spacial score (nSPS) is 10.7. The zero-order valence-electron chi connectivity index (χ0n) is 15.1. The van der Waals surface area contributed by atoms with E-state index in [0.717, 1.165) is 30.8 Å². The number of rotatable bonds is 9. The van der Waals surface area contributed by atoms with Gasteiger partial charge in [0.2, 0.25) is 0 Å². The number of nitrogens with zero attached hydrogens (tertiary/aromatic N) is 1. The fourth-order valence-electron chi connectivity index (χ4n) is 2.99. The van der Waals surface area contributed by atoms with E-state index < -0.39 is 0 Å². The highest BCUT2D eigenvalue weighted by atomic mass is 19.1. The summed E-state index contributed by atoms with van der Waals surface area (Å²) in [6.07, 6.45) is 0. The number of hydrogen-bond acceptors (Lipinski definition) is 3. The van der Waals surface area contributed by atoms with Crippen LogP contribution in [0.3, 0.4) is 0 Å². The standard InChI is InChI=1S/C23H22FNO2/c24-23-12-10-21(11-13-23)16-25(14-19-4-2-1-3-5-19)15-20-6-8-22(9-7-20)17-27-18-26/h1-13,18H,14-17H2. The minimum atomic E-state index is -0.221. The molecule has 0 saturated heterocycles. The first-order chi connectivity index (χ1) is 13.2. The van der Waals surface area contributed by atoms with Crippen LogP contribution in [-0.4, -0.2) is 11.4 Å². The van der Waals surface area contributed by atoms with Crippen LogP contribution in [0.2, 0.25) is 0 Å². The number of hydrogen-bond donors (Lipinski definition) is 0. The monoisotopic (exact) mass is 363 g/mol. The summed E-state index contributed by atoms with van der Waals surface area (Å²) >= 11 is 0. The van der Waals surface area contributed by atoms with Crippen molar-refractivity contribution in [3.8, 4) is 0 Å². The summed E-state index contributed by atoms with van der Waals surface area (Å²) in [5.41, 5.74) is 4.43. The van der Waals surface area contributed by atoms with Gasteiger partial charge in [-0.1, -0.05) is 66.7 Å². The Morgan fingerprint density at radius 1 is 0.704 bits per heavy atom. The van der Waals surface area contributed by atoms with Gasteiger partial charge in [0.25, 0.3) is 6.47 Å². The molecule has 4 heteroatoms. The molecule has 3 rings (SSSR count). The molecule has 0 heterocycles. The molecule has 0 aliphatic heterocycles. The first-order valence-electron chi connectivity index (χ1n) is 8.87. The summed E-state index contributed by atoms with van der Waals surface area (Å²) in [4.78, 5) is 12.6. The third-order valence-electron chi connectivity index (χ3n) is 4.32. The molecule has 0 atom stereocenters. The number of ether oxygens (including phenoxy) is 1. The molecule has 138 valence electrons. The lowest BCUT2D eigenvalue weighted by Crippen LogP contribution is -2.22. The average Bonchev–Trinajstić information content (AvgIpc) is 2.70. The van der Waals surface area contributed by atoms with Crippen molar-refractivity contribution in [2.45, 2.75) is 26.2 Å². The molecule has 0 radical (unpaired) electrons. The van der Waals surface area contributed by atoms with Crippen LogP contribution in [0.5, 0.6) is 0 Å². The second-order valence-electron chi connectivity index (χ2n) is 6.48. The van der Waals surface area contributed by atoms with Crippen molar-refractivity contribution in [3.63, 3.8) is 0 Å². The van der Waals surface area contributed by atoms with E-state index in [0.29, 0.717) is 6.47 Å². The molecule has 0 bridgehead atoms. The smallest absolute Gasteiger partial charge is 0.293 e. The molecule has 27 heavy (non-hydrogen) atoms. The minimum Gasteiger partial charge on any atom is -0.463 e. The maximum atomic E-state index is 13.2. The Bertz CT molecular complexity index is 833. The van der Waals surface area contributed by atoms with Gasteiger partial charge in [-0.05, 0) is 34.4 Å². The molecule has 0 saturated carbocycles. The van der Waals surface area contributed by atoms with Gasteiger partial charge in [-0.2, -0.15) is 0 Å². The number of carbonyl (C=O) groups is 1. The lowest BCUT2D eigenvalue weighted by Gasteiger charge is -2.23. The number of halogens is 1. The predicted molar refractivity (Wildman–Crippen MR) is 103 cm³/mol. The minimum absolute atomic E-state index is 0.221. The van der Waals surface area contributed by atoms with Crippen LogP contribution < -0.4 is 0 Å². The topological polar surface area (TPSA) is 29.5 Å². The van der Waals surface area contributed by atoms with E-state index in [4.69, 9.17) is 4.74 Å². The number of carbonyl (C=O) groups excluding carboxylic acids is 1. The maximum Gasteiger partial charge on any atom is 0.293 e. The van der Waals surface area contributed by atoms with E-state index in [1.165, 1.54) is 23.3 Å². The van der Waals surface area contributed by atoms with Gasteiger partial charge in [0.15, 0.2) is 0 Å². The lowest BCUT2D eigenvalue weighted by molar-refractivity contribution is -0.129. The van der Waals surface area contributed by atoms with Crippen LogP contribution in [0.4, 0.5) is 4.39 Å². The summed E-state index contributed by atoms with van der Waals surface area (Å²) < 4.78 is 18.0. The Morgan fingerprint density at radius 3 is 1.74 bits per heavy atom. The van der Waals surface area contributed by atoms with Gasteiger partial charge in [-0.25, -0.2) is 4.39 Å². The van der Waals surface area contributed by atoms with E-state index in [1.54, 1.807) is 0 Å². The summed E-state index contributed by atoms with van der Waals surface area (Å²) in [6.45, 7) is 3.03. The molecule has 0 N–H and O–H groups in total. The van der Waals surface area contributed by atoms with Gasteiger partial charge in [0.05, 0.1) is 0 Å². The summed E-state index contributed by atoms with van der Waals surface area (Å²) in [5.74, 6) is -0.221. The van der Waals surface area contributed by atoms with Crippen LogP contribution in [0.1, 0.15) is 22.3 Å². The SMILES string of the molecule is O=COCc1ccc(CN(Cc2ccccc2)Cc2ccc(F)cc2)cc1. The van der Waals surface area contributed by atoms with Gasteiger partial charge >= 0.3 is 0 Å². The van der Waals surface area contributed by atoms with Crippen LogP contribution in [0.25, 0.3) is 0 Å². The quantitative estimate of drug-likeness (QED) is 0.516. The van der Waals surface area contributed by atoms with Crippen molar-refractivity contribution < 1.29 is 13.9 Å². The molecule has 0 unspecified atom stereocenters. The van der Waals surface area contributed by atoms with Gasteiger partial charge < -0.3 is 4.74 Å². The Labute approximate surface area is 159 Å².